The summed E-state index contributed by atoms with van der Waals surface area (Å²) in [4.78, 5) is 11.1. The Morgan fingerprint density at radius 1 is 1.64 bits per heavy atom. The van der Waals surface area contributed by atoms with E-state index in [1.165, 1.54) is 19.2 Å². The van der Waals surface area contributed by atoms with Crippen LogP contribution in [0, 0.1) is 0 Å². The normalized spacial score (nSPS) is 9.64. The molecule has 0 aliphatic rings. The molecule has 1 aromatic rings. The van der Waals surface area contributed by atoms with Crippen LogP contribution in [-0.4, -0.2) is 18.1 Å². The summed E-state index contributed by atoms with van der Waals surface area (Å²) in [7, 11) is 1.41. The number of rotatable bonds is 2. The van der Waals surface area contributed by atoms with Crippen molar-refractivity contribution in [2.45, 2.75) is 0 Å². The van der Waals surface area contributed by atoms with Gasteiger partial charge in [-0.25, -0.2) is 5.84 Å². The van der Waals surface area contributed by atoms with Gasteiger partial charge in [0, 0.05) is 6.07 Å². The molecule has 0 spiro atoms. The fourth-order valence-corrected chi connectivity index (χ4v) is 1.20. The number of phenols is 1. The molecule has 0 fully saturated rings. The van der Waals surface area contributed by atoms with Gasteiger partial charge in [0.1, 0.15) is 11.5 Å². The first-order valence-corrected chi connectivity index (χ1v) is 4.05. The molecule has 0 aliphatic heterocycles. The molecule has 0 saturated carbocycles. The van der Waals surface area contributed by atoms with Crippen LogP contribution in [0.4, 0.5) is 0 Å². The second-order valence-electron chi connectivity index (χ2n) is 2.48. The summed E-state index contributed by atoms with van der Waals surface area (Å²) in [5.41, 5.74) is 1.89. The predicted molar refractivity (Wildman–Crippen MR) is 51.3 cm³/mol. The number of aromatic hydroxyl groups is 1. The maximum absolute atomic E-state index is 11.1. The van der Waals surface area contributed by atoms with E-state index in [0.717, 1.165) is 0 Å². The SMILES string of the molecule is COc1cc(O)c(C(=O)NN)cc1Cl. The van der Waals surface area contributed by atoms with E-state index in [9.17, 15) is 9.90 Å². The van der Waals surface area contributed by atoms with Gasteiger partial charge in [0.05, 0.1) is 17.7 Å². The quantitative estimate of drug-likeness (QED) is 0.385. The van der Waals surface area contributed by atoms with Gasteiger partial charge in [0.2, 0.25) is 0 Å². The summed E-state index contributed by atoms with van der Waals surface area (Å²) < 4.78 is 4.84. The molecule has 6 heteroatoms. The van der Waals surface area contributed by atoms with E-state index >= 15 is 0 Å². The minimum atomic E-state index is -0.618. The molecule has 0 bridgehead atoms. The Morgan fingerprint density at radius 2 is 2.29 bits per heavy atom. The first-order valence-electron chi connectivity index (χ1n) is 3.67. The molecule has 1 rings (SSSR count). The van der Waals surface area contributed by atoms with Crippen LogP contribution in [0.2, 0.25) is 5.02 Å². The molecule has 0 aliphatic carbocycles. The van der Waals surface area contributed by atoms with E-state index in [-0.39, 0.29) is 22.1 Å². The zero-order valence-electron chi connectivity index (χ0n) is 7.37. The molecular formula is C8H9ClN2O3. The fourth-order valence-electron chi connectivity index (χ4n) is 0.959. The number of hydrogen-bond donors (Lipinski definition) is 3. The highest BCUT2D eigenvalue weighted by atomic mass is 35.5. The van der Waals surface area contributed by atoms with Crippen LogP contribution in [0.25, 0.3) is 0 Å². The number of nitrogen functional groups attached to an aromatic ring is 1. The summed E-state index contributed by atoms with van der Waals surface area (Å²) >= 11 is 5.75. The molecule has 14 heavy (non-hydrogen) atoms. The Labute approximate surface area is 85.4 Å². The average molecular weight is 217 g/mol. The number of hydrogen-bond acceptors (Lipinski definition) is 4. The van der Waals surface area contributed by atoms with E-state index in [1.54, 1.807) is 0 Å². The smallest absolute Gasteiger partial charge is 0.268 e. The van der Waals surface area contributed by atoms with Crippen molar-refractivity contribution in [1.29, 1.82) is 0 Å². The summed E-state index contributed by atoms with van der Waals surface area (Å²) in [6.07, 6.45) is 0. The Hall–Kier alpha value is -1.46. The Morgan fingerprint density at radius 3 is 2.79 bits per heavy atom. The molecule has 5 nitrogen and oxygen atoms in total. The zero-order chi connectivity index (χ0) is 10.7. The van der Waals surface area contributed by atoms with Crippen LogP contribution in [0.3, 0.4) is 0 Å². The molecule has 4 N–H and O–H groups in total. The van der Waals surface area contributed by atoms with Gasteiger partial charge in [-0.05, 0) is 6.07 Å². The number of carbonyl (C=O) groups is 1. The van der Waals surface area contributed by atoms with Crippen molar-refractivity contribution in [2.24, 2.45) is 5.84 Å². The predicted octanol–water partition coefficient (Wildman–Crippen LogP) is 0.658. The maximum Gasteiger partial charge on any atom is 0.268 e. The zero-order valence-corrected chi connectivity index (χ0v) is 8.13. The monoisotopic (exact) mass is 216 g/mol. The van der Waals surface area contributed by atoms with Crippen molar-refractivity contribution in [3.8, 4) is 11.5 Å². The van der Waals surface area contributed by atoms with Crippen LogP contribution in [0.1, 0.15) is 10.4 Å². The summed E-state index contributed by atoms with van der Waals surface area (Å²) in [5, 5.41) is 9.62. The van der Waals surface area contributed by atoms with Gasteiger partial charge >= 0.3 is 0 Å². The largest absolute Gasteiger partial charge is 0.507 e. The number of amides is 1. The number of carbonyl (C=O) groups excluding carboxylic acids is 1. The third kappa shape index (κ3) is 1.89. The van der Waals surface area contributed by atoms with E-state index in [0.29, 0.717) is 0 Å². The van der Waals surface area contributed by atoms with E-state index in [1.807, 2.05) is 5.43 Å². The average Bonchev–Trinajstić information content (AvgIpc) is 2.19. The van der Waals surface area contributed by atoms with Gasteiger partial charge in [-0.15, -0.1) is 0 Å². The first kappa shape index (κ1) is 10.6. The Balaban J connectivity index is 3.21. The van der Waals surface area contributed by atoms with Crippen molar-refractivity contribution in [1.82, 2.24) is 5.43 Å². The standard InChI is InChI=1S/C8H9ClN2O3/c1-14-7-3-6(12)4(2-5(7)9)8(13)11-10/h2-3,12H,10H2,1H3,(H,11,13). The number of phenolic OH excluding ortho intramolecular Hbond substituents is 1. The third-order valence-corrected chi connectivity index (χ3v) is 1.94. The summed E-state index contributed by atoms with van der Waals surface area (Å²) in [6, 6.07) is 2.52. The van der Waals surface area contributed by atoms with Crippen molar-refractivity contribution in [3.63, 3.8) is 0 Å². The van der Waals surface area contributed by atoms with Gasteiger partial charge in [-0.1, -0.05) is 11.6 Å². The Kier molecular flexibility index (Phi) is 3.16. The molecule has 0 saturated heterocycles. The van der Waals surface area contributed by atoms with Crippen LogP contribution >= 0.6 is 11.6 Å². The van der Waals surface area contributed by atoms with Crippen molar-refractivity contribution in [2.75, 3.05) is 7.11 Å². The lowest BCUT2D eigenvalue weighted by Gasteiger charge is -2.07. The van der Waals surface area contributed by atoms with Gasteiger partial charge in [-0.2, -0.15) is 0 Å². The number of halogens is 1. The summed E-state index contributed by atoms with van der Waals surface area (Å²) in [6.45, 7) is 0. The van der Waals surface area contributed by atoms with Gasteiger partial charge in [0.15, 0.2) is 0 Å². The number of benzene rings is 1. The molecule has 1 aromatic carbocycles. The van der Waals surface area contributed by atoms with Crippen LogP contribution in [0.5, 0.6) is 11.5 Å². The second kappa shape index (κ2) is 4.17. The maximum atomic E-state index is 11.1. The minimum absolute atomic E-state index is 0.00157. The summed E-state index contributed by atoms with van der Waals surface area (Å²) in [5.74, 6) is 4.34. The van der Waals surface area contributed by atoms with E-state index < -0.39 is 5.91 Å². The molecule has 1 amide bonds. The third-order valence-electron chi connectivity index (χ3n) is 1.65. The molecule has 0 atom stereocenters. The number of methoxy groups -OCH3 is 1. The number of ether oxygens (including phenoxy) is 1. The lowest BCUT2D eigenvalue weighted by Crippen LogP contribution is -2.30. The fraction of sp³-hybridized carbons (Fsp3) is 0.125. The van der Waals surface area contributed by atoms with Crippen LogP contribution in [-0.2, 0) is 0 Å². The van der Waals surface area contributed by atoms with Crippen LogP contribution < -0.4 is 16.0 Å². The molecule has 0 aromatic heterocycles. The molecule has 0 unspecified atom stereocenters. The van der Waals surface area contributed by atoms with Crippen molar-refractivity contribution >= 4 is 17.5 Å². The minimum Gasteiger partial charge on any atom is -0.507 e. The lowest BCUT2D eigenvalue weighted by atomic mass is 10.2. The van der Waals surface area contributed by atoms with Crippen LogP contribution in [0.15, 0.2) is 12.1 Å². The van der Waals surface area contributed by atoms with Gasteiger partial charge in [-0.3, -0.25) is 10.2 Å². The first-order chi connectivity index (χ1) is 6.60. The molecular weight excluding hydrogens is 208 g/mol. The highest BCUT2D eigenvalue weighted by molar-refractivity contribution is 6.32. The number of nitrogens with two attached hydrogens (primary N) is 1. The van der Waals surface area contributed by atoms with Gasteiger partial charge < -0.3 is 9.84 Å². The Bertz CT molecular complexity index is 368. The van der Waals surface area contributed by atoms with Crippen molar-refractivity contribution < 1.29 is 14.6 Å². The van der Waals surface area contributed by atoms with E-state index in [2.05, 4.69) is 0 Å². The number of nitrogens with one attached hydrogen (secondary N) is 1. The molecule has 0 radical (unpaired) electrons. The highest BCUT2D eigenvalue weighted by Crippen LogP contribution is 2.31. The topological polar surface area (TPSA) is 84.6 Å². The molecule has 76 valence electrons. The lowest BCUT2D eigenvalue weighted by molar-refractivity contribution is 0.0951. The highest BCUT2D eigenvalue weighted by Gasteiger charge is 2.13. The van der Waals surface area contributed by atoms with E-state index in [4.69, 9.17) is 22.2 Å². The second-order valence-corrected chi connectivity index (χ2v) is 2.88. The van der Waals surface area contributed by atoms with Crippen molar-refractivity contribution in [3.05, 3.63) is 22.7 Å². The molecule has 0 heterocycles. The number of hydrazine groups is 1. The van der Waals surface area contributed by atoms with Gasteiger partial charge in [0.25, 0.3) is 5.91 Å².